The van der Waals surface area contributed by atoms with E-state index in [0.717, 1.165) is 17.1 Å². The molecular formula is C58H38N2S. The number of rotatable bonds is 7. The van der Waals surface area contributed by atoms with Crippen LogP contribution in [0.25, 0.3) is 91.8 Å². The van der Waals surface area contributed by atoms with Gasteiger partial charge in [-0.1, -0.05) is 152 Å². The van der Waals surface area contributed by atoms with Gasteiger partial charge in [-0.3, -0.25) is 0 Å². The van der Waals surface area contributed by atoms with Crippen molar-refractivity contribution in [3.8, 4) is 39.1 Å². The molecule has 3 heteroatoms. The zero-order chi connectivity index (χ0) is 40.3. The predicted octanol–water partition coefficient (Wildman–Crippen LogP) is 16.8. The van der Waals surface area contributed by atoms with E-state index in [-0.39, 0.29) is 0 Å². The molecule has 2 nitrogen and oxygen atoms in total. The summed E-state index contributed by atoms with van der Waals surface area (Å²) in [4.78, 5) is 2.41. The Kier molecular flexibility index (Phi) is 8.39. The Bertz CT molecular complexity index is 3570. The predicted molar refractivity (Wildman–Crippen MR) is 262 cm³/mol. The first-order chi connectivity index (χ1) is 30.2. The fraction of sp³-hybridized carbons (Fsp3) is 0. The average Bonchev–Trinajstić information content (AvgIpc) is 3.87. The van der Waals surface area contributed by atoms with Crippen molar-refractivity contribution >= 4 is 81.1 Å². The maximum Gasteiger partial charge on any atom is 0.0541 e. The zero-order valence-electron chi connectivity index (χ0n) is 33.2. The standard InChI is InChI=1S/C58H38N2S/c1-2-15-44(16-3-1)60-55-23-10-7-19-50(55)52-37-42(29-35-56(52)60)39-25-31-45(32-26-39)59(54-22-9-6-18-49(54)48-21-12-14-41-13-4-5-17-47(41)48)46-33-27-40(28-34-46)43-30-36-58-53(38-43)51-20-8-11-24-57(51)61-58/h1-38H. The number of hydrogen-bond acceptors (Lipinski definition) is 2. The number of fused-ring (bicyclic) bond motifs is 7. The van der Waals surface area contributed by atoms with Gasteiger partial charge >= 0.3 is 0 Å². The third-order valence-corrected chi connectivity index (χ3v) is 13.4. The van der Waals surface area contributed by atoms with E-state index in [2.05, 4.69) is 240 Å². The fourth-order valence-corrected chi connectivity index (χ4v) is 10.4. The first-order valence-corrected chi connectivity index (χ1v) is 21.6. The SMILES string of the molecule is c1ccc(-n2c3ccccc3c3cc(-c4ccc(N(c5ccc(-c6ccc7sc8ccccc8c7c6)cc5)c5ccccc5-c5cccc6ccccc56)cc4)ccc32)cc1. The van der Waals surface area contributed by atoms with Crippen LogP contribution in [0.15, 0.2) is 231 Å². The molecule has 0 fully saturated rings. The smallest absolute Gasteiger partial charge is 0.0541 e. The van der Waals surface area contributed by atoms with Crippen molar-refractivity contribution < 1.29 is 0 Å². The van der Waals surface area contributed by atoms with Crippen LogP contribution in [0.1, 0.15) is 0 Å². The molecule has 0 unspecified atom stereocenters. The van der Waals surface area contributed by atoms with E-state index in [9.17, 15) is 0 Å². The monoisotopic (exact) mass is 794 g/mol. The van der Waals surface area contributed by atoms with Crippen LogP contribution in [0.5, 0.6) is 0 Å². The third-order valence-electron chi connectivity index (χ3n) is 12.2. The highest BCUT2D eigenvalue weighted by Gasteiger charge is 2.19. The molecule has 10 aromatic carbocycles. The van der Waals surface area contributed by atoms with E-state index < -0.39 is 0 Å². The summed E-state index contributed by atoms with van der Waals surface area (Å²) in [5.74, 6) is 0. The average molecular weight is 795 g/mol. The fourth-order valence-electron chi connectivity index (χ4n) is 9.30. The molecule has 0 spiro atoms. The summed E-state index contributed by atoms with van der Waals surface area (Å²) in [7, 11) is 0. The summed E-state index contributed by atoms with van der Waals surface area (Å²) in [6.45, 7) is 0. The van der Waals surface area contributed by atoms with Crippen LogP contribution >= 0.6 is 11.3 Å². The highest BCUT2D eigenvalue weighted by Crippen LogP contribution is 2.44. The molecule has 12 aromatic rings. The minimum atomic E-state index is 1.09. The van der Waals surface area contributed by atoms with Crippen molar-refractivity contribution in [3.05, 3.63) is 231 Å². The molecule has 0 atom stereocenters. The van der Waals surface area contributed by atoms with Crippen LogP contribution in [0.4, 0.5) is 17.1 Å². The minimum absolute atomic E-state index is 1.09. The number of anilines is 3. The number of thiophene rings is 1. The second kappa shape index (κ2) is 14.5. The summed E-state index contributed by atoms with van der Waals surface area (Å²) >= 11 is 1.86. The summed E-state index contributed by atoms with van der Waals surface area (Å²) in [6, 6.07) is 84.2. The molecule has 0 saturated heterocycles. The molecule has 0 amide bonds. The van der Waals surface area contributed by atoms with E-state index in [1.807, 2.05) is 11.3 Å². The molecule has 2 aromatic heterocycles. The Balaban J connectivity index is 0.974. The van der Waals surface area contributed by atoms with Crippen molar-refractivity contribution in [1.29, 1.82) is 0 Å². The molecule has 0 aliphatic rings. The van der Waals surface area contributed by atoms with Crippen molar-refractivity contribution in [1.82, 2.24) is 4.57 Å². The highest BCUT2D eigenvalue weighted by molar-refractivity contribution is 7.25. The van der Waals surface area contributed by atoms with Crippen LogP contribution < -0.4 is 4.90 Å². The largest absolute Gasteiger partial charge is 0.310 e. The van der Waals surface area contributed by atoms with Gasteiger partial charge in [0.2, 0.25) is 0 Å². The lowest BCUT2D eigenvalue weighted by Crippen LogP contribution is -2.11. The lowest BCUT2D eigenvalue weighted by molar-refractivity contribution is 1.18. The lowest BCUT2D eigenvalue weighted by Gasteiger charge is -2.28. The number of aromatic nitrogens is 1. The molecule has 61 heavy (non-hydrogen) atoms. The number of hydrogen-bond donors (Lipinski definition) is 0. The van der Waals surface area contributed by atoms with Gasteiger partial charge in [0.05, 0.1) is 16.7 Å². The molecule has 0 aliphatic carbocycles. The Morgan fingerprint density at radius 2 is 0.869 bits per heavy atom. The van der Waals surface area contributed by atoms with Gasteiger partial charge in [0.1, 0.15) is 0 Å². The number of benzene rings is 10. The summed E-state index contributed by atoms with van der Waals surface area (Å²) < 4.78 is 5.02. The molecule has 12 rings (SSSR count). The van der Waals surface area contributed by atoms with E-state index in [1.165, 1.54) is 91.8 Å². The topological polar surface area (TPSA) is 8.17 Å². The van der Waals surface area contributed by atoms with Gasteiger partial charge in [-0.2, -0.15) is 0 Å². The molecule has 0 aliphatic heterocycles. The Hall–Kier alpha value is -7.72. The van der Waals surface area contributed by atoms with Crippen LogP contribution in [0.2, 0.25) is 0 Å². The maximum atomic E-state index is 2.41. The first-order valence-electron chi connectivity index (χ1n) is 20.8. The van der Waals surface area contributed by atoms with Crippen molar-refractivity contribution in [2.45, 2.75) is 0 Å². The number of para-hydroxylation sites is 3. The summed E-state index contributed by atoms with van der Waals surface area (Å²) in [5.41, 5.74) is 14.1. The van der Waals surface area contributed by atoms with E-state index >= 15 is 0 Å². The summed E-state index contributed by atoms with van der Waals surface area (Å²) in [6.07, 6.45) is 0. The molecule has 286 valence electrons. The molecular weight excluding hydrogens is 757 g/mol. The zero-order valence-corrected chi connectivity index (χ0v) is 34.1. The molecule has 0 radical (unpaired) electrons. The lowest BCUT2D eigenvalue weighted by atomic mass is 9.95. The van der Waals surface area contributed by atoms with Gasteiger partial charge in [-0.15, -0.1) is 11.3 Å². The van der Waals surface area contributed by atoms with E-state index in [4.69, 9.17) is 0 Å². The minimum Gasteiger partial charge on any atom is -0.310 e. The van der Waals surface area contributed by atoms with Gasteiger partial charge in [-0.25, -0.2) is 0 Å². The van der Waals surface area contributed by atoms with Crippen molar-refractivity contribution in [2.75, 3.05) is 4.90 Å². The molecule has 2 heterocycles. The maximum absolute atomic E-state index is 2.41. The quantitative estimate of drug-likeness (QED) is 0.156. The van der Waals surface area contributed by atoms with Crippen molar-refractivity contribution in [2.24, 2.45) is 0 Å². The van der Waals surface area contributed by atoms with Gasteiger partial charge in [0.15, 0.2) is 0 Å². The molecule has 0 N–H and O–H groups in total. The van der Waals surface area contributed by atoms with E-state index in [1.54, 1.807) is 0 Å². The van der Waals surface area contributed by atoms with Crippen LogP contribution in [0.3, 0.4) is 0 Å². The van der Waals surface area contributed by atoms with Crippen LogP contribution in [-0.4, -0.2) is 4.57 Å². The van der Waals surface area contributed by atoms with Crippen molar-refractivity contribution in [3.63, 3.8) is 0 Å². The normalized spacial score (nSPS) is 11.6. The molecule has 0 bridgehead atoms. The highest BCUT2D eigenvalue weighted by atomic mass is 32.1. The third kappa shape index (κ3) is 6.01. The first kappa shape index (κ1) is 35.2. The van der Waals surface area contributed by atoms with Gasteiger partial charge in [0.25, 0.3) is 0 Å². The van der Waals surface area contributed by atoms with E-state index in [0.29, 0.717) is 0 Å². The van der Waals surface area contributed by atoms with Crippen LogP contribution in [0, 0.1) is 0 Å². The number of nitrogens with zero attached hydrogens (tertiary/aromatic N) is 2. The van der Waals surface area contributed by atoms with Gasteiger partial charge in [-0.05, 0) is 117 Å². The Morgan fingerprint density at radius 1 is 0.328 bits per heavy atom. The van der Waals surface area contributed by atoms with Crippen LogP contribution in [-0.2, 0) is 0 Å². The van der Waals surface area contributed by atoms with Gasteiger partial charge < -0.3 is 9.47 Å². The van der Waals surface area contributed by atoms with Gasteiger partial charge in [0, 0.05) is 53.6 Å². The summed E-state index contributed by atoms with van der Waals surface area (Å²) in [5, 5.41) is 7.60. The Labute approximate surface area is 358 Å². The second-order valence-electron chi connectivity index (χ2n) is 15.7. The second-order valence-corrected chi connectivity index (χ2v) is 16.8. The molecule has 0 saturated carbocycles. The Morgan fingerprint density at radius 3 is 1.66 bits per heavy atom.